The number of rotatable bonds is 9. The van der Waals surface area contributed by atoms with Crippen molar-refractivity contribution in [2.45, 2.75) is 20.4 Å². The van der Waals surface area contributed by atoms with Gasteiger partial charge in [-0.05, 0) is 67.9 Å². The summed E-state index contributed by atoms with van der Waals surface area (Å²) in [7, 11) is 0. The van der Waals surface area contributed by atoms with Gasteiger partial charge in [0.2, 0.25) is 0 Å². The van der Waals surface area contributed by atoms with Crippen LogP contribution in [0, 0.1) is 10.1 Å². The first-order chi connectivity index (χ1) is 15.9. The molecule has 0 aliphatic rings. The third-order valence-electron chi connectivity index (χ3n) is 4.73. The second kappa shape index (κ2) is 10.9. The zero-order valence-electron chi connectivity index (χ0n) is 18.3. The minimum atomic E-state index is -0.580. The number of nitro groups is 1. The number of hydrogen-bond acceptors (Lipinski definition) is 7. The quantitative estimate of drug-likeness (QED) is 0.270. The van der Waals surface area contributed by atoms with E-state index in [4.69, 9.17) is 9.47 Å². The van der Waals surface area contributed by atoms with Crippen molar-refractivity contribution in [3.63, 3.8) is 0 Å². The molecule has 3 aromatic rings. The first-order valence-electron chi connectivity index (χ1n) is 10.3. The number of aromatic nitrogens is 1. The molecule has 170 valence electrons. The molecule has 0 fully saturated rings. The van der Waals surface area contributed by atoms with Gasteiger partial charge in [0.05, 0.1) is 30.2 Å². The summed E-state index contributed by atoms with van der Waals surface area (Å²) in [5, 5.41) is 11.5. The molecule has 1 heterocycles. The predicted molar refractivity (Wildman–Crippen MR) is 121 cm³/mol. The first-order valence-corrected chi connectivity index (χ1v) is 10.3. The molecule has 0 aliphatic heterocycles. The van der Waals surface area contributed by atoms with Gasteiger partial charge in [-0.15, -0.1) is 0 Å². The van der Waals surface area contributed by atoms with Crippen LogP contribution >= 0.6 is 0 Å². The number of hydrogen-bond donors (Lipinski definition) is 0. The highest BCUT2D eigenvalue weighted by Crippen LogP contribution is 2.30. The van der Waals surface area contributed by atoms with E-state index in [0.717, 1.165) is 5.56 Å². The third-order valence-corrected chi connectivity index (χ3v) is 4.73. The number of amides is 1. The molecule has 1 amide bonds. The lowest BCUT2D eigenvalue weighted by Gasteiger charge is -2.23. The van der Waals surface area contributed by atoms with Crippen LogP contribution in [0.5, 0.6) is 5.75 Å². The average Bonchev–Trinajstić information content (AvgIpc) is 2.83. The van der Waals surface area contributed by atoms with Gasteiger partial charge in [0.1, 0.15) is 0 Å². The minimum Gasteiger partial charge on any atom is -0.487 e. The van der Waals surface area contributed by atoms with Gasteiger partial charge >= 0.3 is 11.7 Å². The highest BCUT2D eigenvalue weighted by Gasteiger charge is 2.23. The number of carbonyl (C=O) groups excluding carboxylic acids is 2. The number of anilines is 1. The maximum atomic E-state index is 13.5. The smallest absolute Gasteiger partial charge is 0.338 e. The van der Waals surface area contributed by atoms with E-state index >= 15 is 0 Å². The number of nitro benzene ring substituents is 1. The summed E-state index contributed by atoms with van der Waals surface area (Å²) in [6, 6.07) is 14.1. The zero-order valence-corrected chi connectivity index (χ0v) is 18.3. The van der Waals surface area contributed by atoms with Crippen LogP contribution < -0.4 is 9.64 Å². The molecule has 9 nitrogen and oxygen atoms in total. The maximum absolute atomic E-state index is 13.5. The molecule has 0 bridgehead atoms. The molecule has 1 aromatic heterocycles. The van der Waals surface area contributed by atoms with Crippen molar-refractivity contribution in [2.75, 3.05) is 18.1 Å². The maximum Gasteiger partial charge on any atom is 0.338 e. The predicted octanol–water partition coefficient (Wildman–Crippen LogP) is 4.41. The van der Waals surface area contributed by atoms with E-state index in [0.29, 0.717) is 11.3 Å². The van der Waals surface area contributed by atoms with Crippen LogP contribution in [-0.4, -0.2) is 35.0 Å². The summed E-state index contributed by atoms with van der Waals surface area (Å²) in [6.45, 7) is 4.15. The fourth-order valence-electron chi connectivity index (χ4n) is 3.17. The SMILES string of the molecule is CCOC(=O)c1ccc(N(Cc2ccncc2)C(=O)c2ccc(OCC)c([N+](=O)[O-])c2)cc1. The fourth-order valence-corrected chi connectivity index (χ4v) is 3.17. The molecule has 33 heavy (non-hydrogen) atoms. The number of esters is 1. The van der Waals surface area contributed by atoms with Gasteiger partial charge < -0.3 is 14.4 Å². The van der Waals surface area contributed by atoms with Gasteiger partial charge in [-0.25, -0.2) is 4.79 Å². The van der Waals surface area contributed by atoms with Crippen LogP contribution in [0.1, 0.15) is 40.1 Å². The molecule has 3 rings (SSSR count). The first kappa shape index (κ1) is 23.4. The van der Waals surface area contributed by atoms with Gasteiger partial charge in [0, 0.05) is 29.7 Å². The highest BCUT2D eigenvalue weighted by atomic mass is 16.6. The molecule has 0 spiro atoms. The second-order valence-corrected chi connectivity index (χ2v) is 6.89. The molecular formula is C24H23N3O6. The largest absolute Gasteiger partial charge is 0.487 e. The number of carbonyl (C=O) groups is 2. The standard InChI is InChI=1S/C24H23N3O6/c1-3-32-22-10-7-19(15-21(22)27(30)31)23(28)26(16-17-11-13-25-14-12-17)20-8-5-18(6-9-20)24(29)33-4-2/h5-15H,3-4,16H2,1-2H3. The number of ether oxygens (including phenoxy) is 2. The number of benzene rings is 2. The lowest BCUT2D eigenvalue weighted by Crippen LogP contribution is -2.30. The summed E-state index contributed by atoms with van der Waals surface area (Å²) in [5.74, 6) is -0.807. The highest BCUT2D eigenvalue weighted by molar-refractivity contribution is 6.06. The van der Waals surface area contributed by atoms with Gasteiger partial charge in [0.25, 0.3) is 5.91 Å². The van der Waals surface area contributed by atoms with E-state index in [1.54, 1.807) is 62.6 Å². The van der Waals surface area contributed by atoms with Crippen molar-refractivity contribution in [2.24, 2.45) is 0 Å². The minimum absolute atomic E-state index is 0.0959. The third kappa shape index (κ3) is 5.70. The average molecular weight is 449 g/mol. The Hall–Kier alpha value is -4.27. The zero-order chi connectivity index (χ0) is 23.8. The summed E-state index contributed by atoms with van der Waals surface area (Å²) < 4.78 is 10.3. The molecule has 0 aliphatic carbocycles. The van der Waals surface area contributed by atoms with Gasteiger partial charge in [0.15, 0.2) is 5.75 Å². The Labute approximate surface area is 190 Å². The fraction of sp³-hybridized carbons (Fsp3) is 0.208. The summed E-state index contributed by atoms with van der Waals surface area (Å²) in [4.78, 5) is 41.8. The van der Waals surface area contributed by atoms with E-state index in [1.165, 1.54) is 23.1 Å². The van der Waals surface area contributed by atoms with Crippen LogP contribution in [-0.2, 0) is 11.3 Å². The Kier molecular flexibility index (Phi) is 7.69. The van der Waals surface area contributed by atoms with E-state index < -0.39 is 16.8 Å². The van der Waals surface area contributed by atoms with Crippen molar-refractivity contribution in [1.29, 1.82) is 0 Å². The van der Waals surface area contributed by atoms with Crippen molar-refractivity contribution >= 4 is 23.3 Å². The van der Waals surface area contributed by atoms with Gasteiger partial charge in [-0.1, -0.05) is 0 Å². The van der Waals surface area contributed by atoms with E-state index in [9.17, 15) is 19.7 Å². The molecule has 0 saturated carbocycles. The van der Waals surface area contributed by atoms with Gasteiger partial charge in [-0.3, -0.25) is 19.9 Å². The normalized spacial score (nSPS) is 10.4. The molecule has 9 heteroatoms. The molecule has 0 unspecified atom stereocenters. The summed E-state index contributed by atoms with van der Waals surface area (Å²) in [6.07, 6.45) is 3.23. The summed E-state index contributed by atoms with van der Waals surface area (Å²) in [5.41, 5.74) is 1.53. The number of pyridine rings is 1. The van der Waals surface area contributed by atoms with Crippen molar-refractivity contribution in [3.05, 3.63) is 93.8 Å². The topological polar surface area (TPSA) is 112 Å². The Balaban J connectivity index is 1.99. The molecular weight excluding hydrogens is 426 g/mol. The van der Waals surface area contributed by atoms with Crippen LogP contribution in [0.4, 0.5) is 11.4 Å². The van der Waals surface area contributed by atoms with Crippen LogP contribution in [0.15, 0.2) is 67.0 Å². The number of nitrogens with zero attached hydrogens (tertiary/aromatic N) is 3. The summed E-state index contributed by atoms with van der Waals surface area (Å²) >= 11 is 0. The van der Waals surface area contributed by atoms with Gasteiger partial charge in [-0.2, -0.15) is 0 Å². The Morgan fingerprint density at radius 3 is 2.24 bits per heavy atom. The van der Waals surface area contributed by atoms with E-state index in [-0.39, 0.29) is 36.8 Å². The van der Waals surface area contributed by atoms with Crippen molar-refractivity contribution in [1.82, 2.24) is 4.98 Å². The monoisotopic (exact) mass is 449 g/mol. The van der Waals surface area contributed by atoms with Crippen LogP contribution in [0.3, 0.4) is 0 Å². The van der Waals surface area contributed by atoms with E-state index in [2.05, 4.69) is 4.98 Å². The Bertz CT molecular complexity index is 1130. The van der Waals surface area contributed by atoms with Crippen molar-refractivity contribution < 1.29 is 24.0 Å². The molecule has 0 atom stereocenters. The Morgan fingerprint density at radius 1 is 0.970 bits per heavy atom. The second-order valence-electron chi connectivity index (χ2n) is 6.89. The van der Waals surface area contributed by atoms with Crippen LogP contribution in [0.25, 0.3) is 0 Å². The molecule has 0 radical (unpaired) electrons. The van der Waals surface area contributed by atoms with Crippen LogP contribution in [0.2, 0.25) is 0 Å². The van der Waals surface area contributed by atoms with Crippen molar-refractivity contribution in [3.8, 4) is 5.75 Å². The molecule has 0 saturated heterocycles. The lowest BCUT2D eigenvalue weighted by molar-refractivity contribution is -0.385. The molecule has 0 N–H and O–H groups in total. The molecule has 2 aromatic carbocycles. The Morgan fingerprint density at radius 2 is 1.64 bits per heavy atom. The van der Waals surface area contributed by atoms with E-state index in [1.807, 2.05) is 0 Å². The lowest BCUT2D eigenvalue weighted by atomic mass is 10.1.